The first-order chi connectivity index (χ1) is 34.0. The Balaban J connectivity index is 1.11. The first-order valence-electron chi connectivity index (χ1n) is 23.6. The van der Waals surface area contributed by atoms with Gasteiger partial charge in [-0.15, -0.1) is 0 Å². The van der Waals surface area contributed by atoms with E-state index in [0.29, 0.717) is 6.61 Å². The molecule has 0 saturated carbocycles. The van der Waals surface area contributed by atoms with E-state index in [4.69, 9.17) is 47.4 Å². The van der Waals surface area contributed by atoms with Crippen molar-refractivity contribution in [2.75, 3.05) is 20.3 Å². The predicted molar refractivity (Wildman–Crippen MR) is 259 cm³/mol. The lowest BCUT2D eigenvalue weighted by Gasteiger charge is -2.48. The van der Waals surface area contributed by atoms with Crippen LogP contribution in [-0.2, 0) is 91.8 Å². The van der Waals surface area contributed by atoms with Crippen LogP contribution in [0.5, 0.6) is 0 Å². The summed E-state index contributed by atoms with van der Waals surface area (Å²) in [7, 11) is 1.59. The summed E-state index contributed by atoms with van der Waals surface area (Å²) in [4.78, 5) is 13.2. The van der Waals surface area contributed by atoms with E-state index in [9.17, 15) is 4.79 Å². The summed E-state index contributed by atoms with van der Waals surface area (Å²) in [6.45, 7) is 3.19. The smallest absolute Gasteiger partial charge is 0.217 e. The molecule has 2 aliphatic heterocycles. The van der Waals surface area contributed by atoms with Crippen molar-refractivity contribution in [2.24, 2.45) is 0 Å². The Morgan fingerprint density at radius 2 is 0.739 bits per heavy atom. The summed E-state index contributed by atoms with van der Waals surface area (Å²) in [5, 5.41) is 3.12. The third kappa shape index (κ3) is 14.7. The van der Waals surface area contributed by atoms with Crippen molar-refractivity contribution in [1.82, 2.24) is 5.32 Å². The van der Waals surface area contributed by atoms with E-state index in [-0.39, 0.29) is 52.2 Å². The highest BCUT2D eigenvalue weighted by molar-refractivity contribution is 5.73. The van der Waals surface area contributed by atoms with Gasteiger partial charge in [-0.05, 0) is 33.4 Å². The van der Waals surface area contributed by atoms with Gasteiger partial charge in [0.15, 0.2) is 12.6 Å². The van der Waals surface area contributed by atoms with Gasteiger partial charge in [-0.1, -0.05) is 182 Å². The van der Waals surface area contributed by atoms with Crippen LogP contribution in [0.4, 0.5) is 0 Å². The molecular weight excluding hydrogens is 875 g/mol. The molecule has 2 aliphatic rings. The zero-order chi connectivity index (χ0) is 47.5. The molecular formula is C57H63NO11. The van der Waals surface area contributed by atoms with Crippen molar-refractivity contribution in [3.63, 3.8) is 0 Å². The van der Waals surface area contributed by atoms with Crippen molar-refractivity contribution in [3.05, 3.63) is 215 Å². The molecule has 6 aromatic rings. The lowest BCUT2D eigenvalue weighted by atomic mass is 9.95. The maximum absolute atomic E-state index is 13.2. The third-order valence-corrected chi connectivity index (χ3v) is 12.1. The molecule has 10 atom stereocenters. The number of nitrogens with one attached hydrogen (secondary N) is 1. The number of carbonyl (C=O) groups excluding carboxylic acids is 1. The van der Waals surface area contributed by atoms with Gasteiger partial charge in [0.05, 0.1) is 52.9 Å². The average molecular weight is 938 g/mol. The molecule has 1 N–H and O–H groups in total. The van der Waals surface area contributed by atoms with Crippen LogP contribution in [0.3, 0.4) is 0 Å². The molecule has 69 heavy (non-hydrogen) atoms. The molecule has 6 aromatic carbocycles. The SMILES string of the molecule is CO[C@H]1O[C@H](CO[C@@H]2O[C@H](COCc3ccccc3)[C@H](OCc3ccccc3)[C@H](OCc3ccccc3)[C@H]2NC(C)=O)[C@@H](OCc2ccccc2)[C@H](OCc2ccccc2)[C@H]1OCc1ccccc1. The van der Waals surface area contributed by atoms with Crippen molar-refractivity contribution >= 4 is 5.91 Å². The predicted octanol–water partition coefficient (Wildman–Crippen LogP) is 8.75. The van der Waals surface area contributed by atoms with E-state index in [0.717, 1.165) is 33.4 Å². The minimum absolute atomic E-state index is 0.0603. The first kappa shape index (κ1) is 49.8. The normalized spacial score (nSPS) is 24.7. The highest BCUT2D eigenvalue weighted by Crippen LogP contribution is 2.34. The second kappa shape index (κ2) is 26.4. The number of amides is 1. The third-order valence-electron chi connectivity index (χ3n) is 12.1. The van der Waals surface area contributed by atoms with Gasteiger partial charge < -0.3 is 52.7 Å². The van der Waals surface area contributed by atoms with Gasteiger partial charge >= 0.3 is 0 Å². The van der Waals surface area contributed by atoms with Gasteiger partial charge in [-0.25, -0.2) is 0 Å². The van der Waals surface area contributed by atoms with Gasteiger partial charge in [-0.2, -0.15) is 0 Å². The molecule has 0 unspecified atom stereocenters. The average Bonchev–Trinajstić information content (AvgIpc) is 3.39. The fourth-order valence-electron chi connectivity index (χ4n) is 8.63. The number of ether oxygens (including phenoxy) is 10. The van der Waals surface area contributed by atoms with Crippen LogP contribution in [0.2, 0.25) is 0 Å². The Morgan fingerprint density at radius 3 is 1.14 bits per heavy atom. The summed E-state index contributed by atoms with van der Waals surface area (Å²) in [6, 6.07) is 58.7. The van der Waals surface area contributed by atoms with Crippen LogP contribution in [0.1, 0.15) is 40.3 Å². The highest BCUT2D eigenvalue weighted by atomic mass is 16.7. The second-order valence-electron chi connectivity index (χ2n) is 17.2. The summed E-state index contributed by atoms with van der Waals surface area (Å²) in [6.07, 6.45) is -7.02. The summed E-state index contributed by atoms with van der Waals surface area (Å²) in [5.41, 5.74) is 5.86. The molecule has 2 fully saturated rings. The fourth-order valence-corrected chi connectivity index (χ4v) is 8.63. The number of benzene rings is 6. The summed E-state index contributed by atoms with van der Waals surface area (Å²) < 4.78 is 67.1. The van der Waals surface area contributed by atoms with Crippen LogP contribution < -0.4 is 5.32 Å². The Morgan fingerprint density at radius 1 is 0.406 bits per heavy atom. The van der Waals surface area contributed by atoms with Gasteiger partial charge in [0, 0.05) is 14.0 Å². The highest BCUT2D eigenvalue weighted by Gasteiger charge is 2.52. The fraction of sp³-hybridized carbons (Fsp3) is 0.351. The molecule has 12 nitrogen and oxygen atoms in total. The summed E-state index contributed by atoms with van der Waals surface area (Å²) >= 11 is 0. The molecule has 1 amide bonds. The topological polar surface area (TPSA) is 121 Å². The Kier molecular flexibility index (Phi) is 19.0. The zero-order valence-electron chi connectivity index (χ0n) is 39.2. The van der Waals surface area contributed by atoms with Crippen LogP contribution >= 0.6 is 0 Å². The molecule has 2 saturated heterocycles. The molecule has 0 aliphatic carbocycles. The Bertz CT molecular complexity index is 2350. The van der Waals surface area contributed by atoms with Crippen LogP contribution in [0, 0.1) is 0 Å². The molecule has 0 aromatic heterocycles. The minimum atomic E-state index is -1.06. The van der Waals surface area contributed by atoms with E-state index in [1.807, 2.05) is 182 Å². The van der Waals surface area contributed by atoms with E-state index < -0.39 is 61.3 Å². The maximum Gasteiger partial charge on any atom is 0.217 e. The van der Waals surface area contributed by atoms with Crippen molar-refractivity contribution in [2.45, 2.75) is 108 Å². The van der Waals surface area contributed by atoms with Gasteiger partial charge in [-0.3, -0.25) is 4.79 Å². The molecule has 0 spiro atoms. The van der Waals surface area contributed by atoms with Crippen molar-refractivity contribution in [1.29, 1.82) is 0 Å². The quantitative estimate of drug-likeness (QED) is 0.0628. The van der Waals surface area contributed by atoms with Crippen molar-refractivity contribution in [3.8, 4) is 0 Å². The van der Waals surface area contributed by atoms with E-state index in [1.54, 1.807) is 7.11 Å². The molecule has 2 heterocycles. The van der Waals surface area contributed by atoms with E-state index in [1.165, 1.54) is 6.92 Å². The monoisotopic (exact) mass is 937 g/mol. The van der Waals surface area contributed by atoms with Crippen LogP contribution in [-0.4, -0.2) is 87.6 Å². The largest absolute Gasteiger partial charge is 0.374 e. The van der Waals surface area contributed by atoms with Gasteiger partial charge in [0.25, 0.3) is 0 Å². The number of rotatable bonds is 24. The molecule has 12 heteroatoms. The lowest BCUT2D eigenvalue weighted by molar-refractivity contribution is -0.337. The first-order valence-corrected chi connectivity index (χ1v) is 23.6. The number of methoxy groups -OCH3 is 1. The zero-order valence-corrected chi connectivity index (χ0v) is 39.2. The molecule has 0 bridgehead atoms. The van der Waals surface area contributed by atoms with E-state index in [2.05, 4.69) is 5.32 Å². The van der Waals surface area contributed by atoms with Crippen LogP contribution in [0.25, 0.3) is 0 Å². The van der Waals surface area contributed by atoms with Gasteiger partial charge in [0.1, 0.15) is 48.8 Å². The minimum Gasteiger partial charge on any atom is -0.374 e. The maximum atomic E-state index is 13.2. The number of carbonyl (C=O) groups is 1. The van der Waals surface area contributed by atoms with Gasteiger partial charge in [0.2, 0.25) is 5.91 Å². The Hall–Kier alpha value is -5.61. The van der Waals surface area contributed by atoms with E-state index >= 15 is 0 Å². The molecule has 8 rings (SSSR count). The second-order valence-corrected chi connectivity index (χ2v) is 17.2. The van der Waals surface area contributed by atoms with Crippen molar-refractivity contribution < 1.29 is 52.2 Å². The van der Waals surface area contributed by atoms with Crippen LogP contribution in [0.15, 0.2) is 182 Å². The summed E-state index contributed by atoms with van der Waals surface area (Å²) in [5.74, 6) is -0.295. The molecule has 0 radical (unpaired) electrons. The number of hydrogen-bond donors (Lipinski definition) is 1. The standard InChI is InChI=1S/C57H63NO11/c1-41(59)58-50-53(64-36-45-27-15-6-16-28-45)51(62-34-43-23-11-4-12-24-43)48(39-61-33-42-21-9-3-10-22-42)68-56(50)67-40-49-52(63-35-44-25-13-5-14-26-44)54(65-37-46-29-17-7-18-30-46)55(57(60-2)69-49)66-38-47-31-19-8-20-32-47/h3-32,48-57H,33-40H2,1-2H3,(H,58,59)/t48-,49-,50-,51+,52-,53-,54+,55-,56-,57+/m1/s1. The molecule has 362 valence electrons. The lowest BCUT2D eigenvalue weighted by Crippen LogP contribution is -2.67. The number of hydrogen-bond acceptors (Lipinski definition) is 11. The Labute approximate surface area is 405 Å².